The van der Waals surface area contributed by atoms with Gasteiger partial charge in [-0.1, -0.05) is 49.7 Å². The van der Waals surface area contributed by atoms with E-state index in [-0.39, 0.29) is 0 Å². The minimum absolute atomic E-state index is 0.386. The first-order chi connectivity index (χ1) is 12.3. The van der Waals surface area contributed by atoms with Gasteiger partial charge in [-0.05, 0) is 73.6 Å². The quantitative estimate of drug-likeness (QED) is 0.623. The van der Waals surface area contributed by atoms with E-state index in [0.717, 1.165) is 17.8 Å². The van der Waals surface area contributed by atoms with Crippen LogP contribution in [0.3, 0.4) is 0 Å². The summed E-state index contributed by atoms with van der Waals surface area (Å²) in [7, 11) is 0. The zero-order valence-electron chi connectivity index (χ0n) is 15.3. The minimum Gasteiger partial charge on any atom is -0.340 e. The number of anilines is 2. The molecule has 1 nitrogen and oxygen atoms in total. The summed E-state index contributed by atoms with van der Waals surface area (Å²) in [6.45, 7) is 3.58. The highest BCUT2D eigenvalue weighted by Crippen LogP contribution is 2.59. The standard InChI is InChI=1S/C24H29N/c1-2-18-14-19-12-13-24(20(15-18)16-19)17-25(21-8-4-3-5-9-21)23-11-7-6-10-22(23)24/h3-11,18-20H,2,12-17H2,1H3. The van der Waals surface area contributed by atoms with Gasteiger partial charge in [0.15, 0.2) is 0 Å². The Morgan fingerprint density at radius 1 is 0.960 bits per heavy atom. The highest BCUT2D eigenvalue weighted by Gasteiger charge is 2.52. The molecule has 2 aliphatic carbocycles. The van der Waals surface area contributed by atoms with Gasteiger partial charge in [-0.2, -0.15) is 0 Å². The van der Waals surface area contributed by atoms with Gasteiger partial charge in [0.2, 0.25) is 0 Å². The SMILES string of the molecule is CCC1CC2CCC3(CN(c4ccccc4)c4ccccc43)C(C1)C2. The average Bonchev–Trinajstić information content (AvgIpc) is 3.01. The predicted octanol–water partition coefficient (Wildman–Crippen LogP) is 6.31. The number of hydrogen-bond acceptors (Lipinski definition) is 1. The van der Waals surface area contributed by atoms with Crippen LogP contribution in [0.2, 0.25) is 0 Å². The lowest BCUT2D eigenvalue weighted by atomic mass is 9.54. The molecule has 2 aromatic carbocycles. The van der Waals surface area contributed by atoms with E-state index in [2.05, 4.69) is 66.4 Å². The molecule has 1 heterocycles. The molecule has 2 fully saturated rings. The lowest BCUT2D eigenvalue weighted by Crippen LogP contribution is -2.46. The van der Waals surface area contributed by atoms with Crippen LogP contribution in [0.1, 0.15) is 51.0 Å². The topological polar surface area (TPSA) is 3.24 Å². The molecule has 0 saturated heterocycles. The zero-order chi connectivity index (χ0) is 16.9. The van der Waals surface area contributed by atoms with Crippen LogP contribution in [-0.2, 0) is 5.41 Å². The fourth-order valence-electron chi connectivity index (χ4n) is 6.23. The maximum Gasteiger partial charge on any atom is 0.0450 e. The summed E-state index contributed by atoms with van der Waals surface area (Å²) < 4.78 is 0. The second-order valence-electron chi connectivity index (χ2n) is 8.68. The molecule has 5 rings (SSSR count). The van der Waals surface area contributed by atoms with Crippen molar-refractivity contribution in [2.75, 3.05) is 11.4 Å². The van der Waals surface area contributed by atoms with Gasteiger partial charge in [-0.15, -0.1) is 0 Å². The van der Waals surface area contributed by atoms with Crippen LogP contribution in [-0.4, -0.2) is 6.54 Å². The molecular weight excluding hydrogens is 302 g/mol. The summed E-state index contributed by atoms with van der Waals surface area (Å²) in [5.74, 6) is 2.82. The second-order valence-corrected chi connectivity index (χ2v) is 8.68. The van der Waals surface area contributed by atoms with Crippen molar-refractivity contribution in [3.63, 3.8) is 0 Å². The van der Waals surface area contributed by atoms with Gasteiger partial charge in [0, 0.05) is 23.3 Å². The summed E-state index contributed by atoms with van der Waals surface area (Å²) in [4.78, 5) is 2.60. The molecule has 0 radical (unpaired) electrons. The summed E-state index contributed by atoms with van der Waals surface area (Å²) >= 11 is 0. The van der Waals surface area contributed by atoms with Gasteiger partial charge in [0.1, 0.15) is 0 Å². The van der Waals surface area contributed by atoms with E-state index in [1.807, 2.05) is 0 Å². The molecule has 4 atom stereocenters. The van der Waals surface area contributed by atoms with Gasteiger partial charge < -0.3 is 4.90 Å². The van der Waals surface area contributed by atoms with Crippen LogP contribution < -0.4 is 4.90 Å². The van der Waals surface area contributed by atoms with E-state index in [1.54, 1.807) is 5.56 Å². The van der Waals surface area contributed by atoms with E-state index < -0.39 is 0 Å². The number of hydrogen-bond donors (Lipinski definition) is 0. The summed E-state index contributed by atoms with van der Waals surface area (Å²) in [6, 6.07) is 20.3. The maximum atomic E-state index is 2.60. The molecule has 1 aliphatic heterocycles. The van der Waals surface area contributed by atoms with Crippen molar-refractivity contribution in [3.05, 3.63) is 60.2 Å². The largest absolute Gasteiger partial charge is 0.340 e. The molecule has 2 saturated carbocycles. The van der Waals surface area contributed by atoms with Crippen LogP contribution in [0.4, 0.5) is 11.4 Å². The van der Waals surface area contributed by atoms with E-state index in [0.29, 0.717) is 5.41 Å². The first kappa shape index (κ1) is 15.5. The van der Waals surface area contributed by atoms with E-state index in [4.69, 9.17) is 0 Å². The first-order valence-corrected chi connectivity index (χ1v) is 10.2. The lowest BCUT2D eigenvalue weighted by molar-refractivity contribution is 0.0635. The molecule has 25 heavy (non-hydrogen) atoms. The Hall–Kier alpha value is -1.76. The van der Waals surface area contributed by atoms with Crippen LogP contribution in [0.5, 0.6) is 0 Å². The van der Waals surface area contributed by atoms with E-state index >= 15 is 0 Å². The Kier molecular flexibility index (Phi) is 3.66. The van der Waals surface area contributed by atoms with Gasteiger partial charge in [0.25, 0.3) is 0 Å². The van der Waals surface area contributed by atoms with Crippen LogP contribution >= 0.6 is 0 Å². The number of rotatable bonds is 2. The highest BCUT2D eigenvalue weighted by atomic mass is 15.2. The molecule has 1 heteroatoms. The van der Waals surface area contributed by atoms with Gasteiger partial charge in [-0.3, -0.25) is 0 Å². The van der Waals surface area contributed by atoms with Crippen LogP contribution in [0, 0.1) is 17.8 Å². The molecule has 0 N–H and O–H groups in total. The average molecular weight is 332 g/mol. The Morgan fingerprint density at radius 2 is 1.76 bits per heavy atom. The smallest absolute Gasteiger partial charge is 0.0450 e. The van der Waals surface area contributed by atoms with Crippen LogP contribution in [0.15, 0.2) is 54.6 Å². The lowest BCUT2D eigenvalue weighted by Gasteiger charge is -2.50. The second kappa shape index (κ2) is 5.90. The van der Waals surface area contributed by atoms with Gasteiger partial charge in [0.05, 0.1) is 0 Å². The molecule has 0 amide bonds. The molecule has 1 spiro atoms. The van der Waals surface area contributed by atoms with E-state index in [1.165, 1.54) is 56.4 Å². The monoisotopic (exact) mass is 331 g/mol. The van der Waals surface area contributed by atoms with Crippen molar-refractivity contribution in [1.82, 2.24) is 0 Å². The molecular formula is C24H29N. The number of fused-ring (bicyclic) bond motifs is 5. The fourth-order valence-corrected chi connectivity index (χ4v) is 6.23. The molecule has 4 unspecified atom stereocenters. The Bertz CT molecular complexity index is 752. The van der Waals surface area contributed by atoms with Crippen molar-refractivity contribution in [2.45, 2.75) is 50.9 Å². The third-order valence-electron chi connectivity index (χ3n) is 7.50. The van der Waals surface area contributed by atoms with Gasteiger partial charge in [-0.25, -0.2) is 0 Å². The molecule has 2 aromatic rings. The molecule has 2 bridgehead atoms. The Morgan fingerprint density at radius 3 is 2.60 bits per heavy atom. The number of para-hydroxylation sites is 2. The fraction of sp³-hybridized carbons (Fsp3) is 0.500. The minimum atomic E-state index is 0.386. The summed E-state index contributed by atoms with van der Waals surface area (Å²) in [5.41, 5.74) is 4.85. The number of nitrogens with zero attached hydrogens (tertiary/aromatic N) is 1. The summed E-state index contributed by atoms with van der Waals surface area (Å²) in [6.07, 6.45) is 8.60. The highest BCUT2D eigenvalue weighted by molar-refractivity contribution is 5.73. The molecule has 0 aromatic heterocycles. The normalized spacial score (nSPS) is 33.5. The molecule has 3 aliphatic rings. The van der Waals surface area contributed by atoms with Crippen LogP contribution in [0.25, 0.3) is 0 Å². The van der Waals surface area contributed by atoms with Gasteiger partial charge >= 0.3 is 0 Å². The third-order valence-corrected chi connectivity index (χ3v) is 7.50. The van der Waals surface area contributed by atoms with Crippen molar-refractivity contribution >= 4 is 11.4 Å². The third kappa shape index (κ3) is 2.35. The van der Waals surface area contributed by atoms with Crippen molar-refractivity contribution in [1.29, 1.82) is 0 Å². The maximum absolute atomic E-state index is 2.60. The van der Waals surface area contributed by atoms with E-state index in [9.17, 15) is 0 Å². The van der Waals surface area contributed by atoms with Crippen molar-refractivity contribution < 1.29 is 0 Å². The Balaban J connectivity index is 1.58. The predicted molar refractivity (Wildman–Crippen MR) is 105 cm³/mol. The zero-order valence-corrected chi connectivity index (χ0v) is 15.3. The van der Waals surface area contributed by atoms with Crippen molar-refractivity contribution in [3.8, 4) is 0 Å². The number of benzene rings is 2. The first-order valence-electron chi connectivity index (χ1n) is 10.2. The summed E-state index contributed by atoms with van der Waals surface area (Å²) in [5, 5.41) is 0. The molecule has 130 valence electrons. The van der Waals surface area contributed by atoms with Crippen molar-refractivity contribution in [2.24, 2.45) is 17.8 Å². The Labute approximate surface area is 152 Å².